The second-order valence-corrected chi connectivity index (χ2v) is 5.07. The number of amides is 1. The molecule has 10 heteroatoms. The Morgan fingerprint density at radius 1 is 1.45 bits per heavy atom. The molecule has 3 N–H and O–H groups in total. The molecule has 0 saturated heterocycles. The number of thiazole rings is 1. The van der Waals surface area contributed by atoms with Crippen molar-refractivity contribution in [2.24, 2.45) is 0 Å². The van der Waals surface area contributed by atoms with Crippen LogP contribution in [0.1, 0.15) is 17.3 Å². The van der Waals surface area contributed by atoms with Crippen molar-refractivity contribution in [1.29, 1.82) is 0 Å². The zero-order chi connectivity index (χ0) is 16.3. The topological polar surface area (TPSA) is 137 Å². The van der Waals surface area contributed by atoms with Gasteiger partial charge in [0.1, 0.15) is 11.9 Å². The number of aromatic nitrogens is 1. The smallest absolute Gasteiger partial charge is 0.345 e. The molecular formula is C12H10N4O5S. The summed E-state index contributed by atoms with van der Waals surface area (Å²) in [7, 11) is 0. The zero-order valence-electron chi connectivity index (χ0n) is 11.2. The van der Waals surface area contributed by atoms with Gasteiger partial charge in [0.2, 0.25) is 0 Å². The van der Waals surface area contributed by atoms with E-state index in [1.54, 1.807) is 0 Å². The first-order chi connectivity index (χ1) is 10.4. The number of hydrogen-bond donors (Lipinski definition) is 2. The summed E-state index contributed by atoms with van der Waals surface area (Å²) in [6.45, 7) is 1.19. The summed E-state index contributed by atoms with van der Waals surface area (Å²) in [6, 6.07) is 4.18. The van der Waals surface area contributed by atoms with E-state index in [1.807, 2.05) is 0 Å². The van der Waals surface area contributed by atoms with E-state index in [0.717, 1.165) is 6.20 Å². The number of rotatable bonds is 4. The molecule has 0 aliphatic rings. The van der Waals surface area contributed by atoms with E-state index in [9.17, 15) is 19.7 Å². The van der Waals surface area contributed by atoms with Crippen LogP contribution in [-0.4, -0.2) is 21.8 Å². The maximum atomic E-state index is 12.2. The van der Waals surface area contributed by atoms with Crippen molar-refractivity contribution in [1.82, 2.24) is 4.98 Å². The lowest BCUT2D eigenvalue weighted by molar-refractivity contribution is -0.380. The molecular weight excluding hydrogens is 312 g/mol. The summed E-state index contributed by atoms with van der Waals surface area (Å²) < 4.78 is 4.92. The van der Waals surface area contributed by atoms with Gasteiger partial charge in [-0.2, -0.15) is 0 Å². The number of hydrogen-bond acceptors (Lipinski definition) is 8. The molecule has 1 aromatic carbocycles. The molecule has 2 rings (SSSR count). The van der Waals surface area contributed by atoms with Gasteiger partial charge in [0.25, 0.3) is 5.91 Å². The Morgan fingerprint density at radius 2 is 2.18 bits per heavy atom. The van der Waals surface area contributed by atoms with Gasteiger partial charge in [-0.05, 0) is 23.5 Å². The second kappa shape index (κ2) is 6.18. The predicted octanol–water partition coefficient (Wildman–Crippen LogP) is 1.81. The van der Waals surface area contributed by atoms with Crippen molar-refractivity contribution in [2.45, 2.75) is 6.92 Å². The van der Waals surface area contributed by atoms with Crippen molar-refractivity contribution in [3.63, 3.8) is 0 Å². The van der Waals surface area contributed by atoms with Crippen LogP contribution in [0.5, 0.6) is 5.75 Å². The Kier molecular flexibility index (Phi) is 4.32. The fraction of sp³-hybridized carbons (Fsp3) is 0.0833. The molecule has 0 bridgehead atoms. The summed E-state index contributed by atoms with van der Waals surface area (Å²) in [5, 5.41) is 12.8. The van der Waals surface area contributed by atoms with Crippen LogP contribution in [-0.2, 0) is 4.79 Å². The number of nitrogens with zero attached hydrogens (tertiary/aromatic N) is 2. The molecule has 9 nitrogen and oxygen atoms in total. The number of nitro groups is 1. The quantitative estimate of drug-likeness (QED) is 0.288. The molecule has 22 heavy (non-hydrogen) atoms. The highest BCUT2D eigenvalue weighted by atomic mass is 32.1. The average Bonchev–Trinajstić information content (AvgIpc) is 2.86. The van der Waals surface area contributed by atoms with Crippen LogP contribution in [0, 0.1) is 10.1 Å². The molecule has 0 unspecified atom stereocenters. The van der Waals surface area contributed by atoms with Gasteiger partial charge in [-0.3, -0.25) is 25.0 Å². The molecule has 1 heterocycles. The summed E-state index contributed by atoms with van der Waals surface area (Å²) in [6.07, 6.45) is 1.04. The maximum Gasteiger partial charge on any atom is 0.345 e. The second-order valence-electron chi connectivity index (χ2n) is 4.06. The van der Waals surface area contributed by atoms with Crippen LogP contribution in [0.15, 0.2) is 24.4 Å². The van der Waals surface area contributed by atoms with Gasteiger partial charge in [-0.15, -0.1) is 0 Å². The molecule has 0 spiro atoms. The monoisotopic (exact) mass is 322 g/mol. The number of esters is 1. The first kappa shape index (κ1) is 15.4. The lowest BCUT2D eigenvalue weighted by Crippen LogP contribution is -2.15. The summed E-state index contributed by atoms with van der Waals surface area (Å²) in [5.41, 5.74) is 5.96. The largest absolute Gasteiger partial charge is 0.426 e. The van der Waals surface area contributed by atoms with Crippen LogP contribution < -0.4 is 15.8 Å². The van der Waals surface area contributed by atoms with Crippen molar-refractivity contribution in [3.8, 4) is 5.75 Å². The molecule has 0 atom stereocenters. The number of carbonyl (C=O) groups is 2. The number of carbonyl (C=O) groups excluding carboxylic acids is 2. The summed E-state index contributed by atoms with van der Waals surface area (Å²) in [4.78, 5) is 36.9. The minimum Gasteiger partial charge on any atom is -0.426 e. The number of nitrogens with one attached hydrogen (secondary N) is 1. The van der Waals surface area contributed by atoms with Crippen molar-refractivity contribution >= 4 is 39.0 Å². The predicted molar refractivity (Wildman–Crippen MR) is 78.9 cm³/mol. The van der Waals surface area contributed by atoms with Gasteiger partial charge in [-0.1, -0.05) is 0 Å². The zero-order valence-corrected chi connectivity index (χ0v) is 12.0. The Balaban J connectivity index is 2.24. The lowest BCUT2D eigenvalue weighted by atomic mass is 10.1. The molecule has 114 valence electrons. The van der Waals surface area contributed by atoms with E-state index in [0.29, 0.717) is 17.0 Å². The minimum absolute atomic E-state index is 0.00365. The summed E-state index contributed by atoms with van der Waals surface area (Å²) in [5.74, 6) is -1.24. The first-order valence-corrected chi connectivity index (χ1v) is 6.68. The lowest BCUT2D eigenvalue weighted by Gasteiger charge is -2.09. The van der Waals surface area contributed by atoms with Crippen LogP contribution in [0.3, 0.4) is 0 Å². The Bertz CT molecular complexity index is 758. The molecule has 1 amide bonds. The number of anilines is 2. The molecule has 0 radical (unpaired) electrons. The van der Waals surface area contributed by atoms with Gasteiger partial charge >= 0.3 is 11.0 Å². The van der Waals surface area contributed by atoms with E-state index in [2.05, 4.69) is 10.3 Å². The third-order valence-electron chi connectivity index (χ3n) is 2.40. The normalized spacial score (nSPS) is 10.0. The standard InChI is InChI=1S/C12H10N4O5S/c1-6(17)21-9-4-7(13)2-3-8(9)11(18)15-12-14-5-10(22-12)16(19)20/h2-5H,13H2,1H3,(H,14,15,18). The van der Waals surface area contributed by atoms with E-state index in [-0.39, 0.29) is 21.4 Å². The van der Waals surface area contributed by atoms with Gasteiger partial charge in [0.15, 0.2) is 5.13 Å². The number of ether oxygens (including phenoxy) is 1. The molecule has 0 saturated carbocycles. The fourth-order valence-electron chi connectivity index (χ4n) is 1.54. The highest BCUT2D eigenvalue weighted by Crippen LogP contribution is 2.27. The molecule has 0 aliphatic heterocycles. The van der Waals surface area contributed by atoms with Crippen molar-refractivity contribution < 1.29 is 19.2 Å². The van der Waals surface area contributed by atoms with E-state index in [1.165, 1.54) is 25.1 Å². The number of nitrogens with two attached hydrogens (primary N) is 1. The number of benzene rings is 1. The number of nitrogen functional groups attached to an aromatic ring is 1. The fourth-order valence-corrected chi connectivity index (χ4v) is 2.17. The van der Waals surface area contributed by atoms with Gasteiger partial charge in [-0.25, -0.2) is 4.98 Å². The van der Waals surface area contributed by atoms with E-state index >= 15 is 0 Å². The van der Waals surface area contributed by atoms with E-state index in [4.69, 9.17) is 10.5 Å². The minimum atomic E-state index is -0.625. The first-order valence-electron chi connectivity index (χ1n) is 5.86. The SMILES string of the molecule is CC(=O)Oc1cc(N)ccc1C(=O)Nc1ncc([N+](=O)[O-])s1. The van der Waals surface area contributed by atoms with Crippen LogP contribution >= 0.6 is 11.3 Å². The Morgan fingerprint density at radius 3 is 2.77 bits per heavy atom. The maximum absolute atomic E-state index is 12.2. The molecule has 2 aromatic rings. The van der Waals surface area contributed by atoms with Gasteiger partial charge < -0.3 is 10.5 Å². The molecule has 1 aromatic heterocycles. The average molecular weight is 322 g/mol. The van der Waals surface area contributed by atoms with Gasteiger partial charge in [0.05, 0.1) is 10.5 Å². The van der Waals surface area contributed by atoms with Gasteiger partial charge in [0, 0.05) is 18.7 Å². The Hall–Kier alpha value is -3.01. The Labute approximate surface area is 127 Å². The third-order valence-corrected chi connectivity index (χ3v) is 3.26. The third kappa shape index (κ3) is 3.55. The van der Waals surface area contributed by atoms with Crippen molar-refractivity contribution in [3.05, 3.63) is 40.1 Å². The van der Waals surface area contributed by atoms with Crippen LogP contribution in [0.4, 0.5) is 15.8 Å². The highest BCUT2D eigenvalue weighted by Gasteiger charge is 2.18. The van der Waals surface area contributed by atoms with Crippen LogP contribution in [0.25, 0.3) is 0 Å². The summed E-state index contributed by atoms with van der Waals surface area (Å²) >= 11 is 0.712. The molecule has 0 fully saturated rings. The van der Waals surface area contributed by atoms with E-state index < -0.39 is 16.8 Å². The van der Waals surface area contributed by atoms with Crippen molar-refractivity contribution in [2.75, 3.05) is 11.1 Å². The van der Waals surface area contributed by atoms with Crippen LogP contribution in [0.2, 0.25) is 0 Å². The highest BCUT2D eigenvalue weighted by molar-refractivity contribution is 7.18. The molecule has 0 aliphatic carbocycles.